The van der Waals surface area contributed by atoms with E-state index in [1.807, 2.05) is 4.68 Å². The van der Waals surface area contributed by atoms with Crippen LogP contribution < -0.4 is 5.32 Å². The number of aromatic nitrogens is 3. The molecule has 1 N–H and O–H groups in total. The second-order valence-electron chi connectivity index (χ2n) is 6.65. The fourth-order valence-corrected chi connectivity index (χ4v) is 2.71. The average Bonchev–Trinajstić information content (AvgIpc) is 3.08. The van der Waals surface area contributed by atoms with Crippen LogP contribution in [0.3, 0.4) is 0 Å². The predicted octanol–water partition coefficient (Wildman–Crippen LogP) is 3.40. The van der Waals surface area contributed by atoms with Crippen LogP contribution in [0.25, 0.3) is 11.4 Å². The van der Waals surface area contributed by atoms with Gasteiger partial charge in [0.1, 0.15) is 5.82 Å². The second kappa shape index (κ2) is 5.43. The number of benzene rings is 1. The van der Waals surface area contributed by atoms with Gasteiger partial charge in [0.05, 0.1) is 11.6 Å². The molecule has 1 aliphatic rings. The monoisotopic (exact) mass is 306 g/mol. The topological polar surface area (TPSA) is 42.7 Å². The van der Waals surface area contributed by atoms with Crippen LogP contribution in [0.1, 0.15) is 45.5 Å². The summed E-state index contributed by atoms with van der Waals surface area (Å²) in [5.74, 6) is -0.468. The van der Waals surface area contributed by atoms with Gasteiger partial charge in [0, 0.05) is 5.56 Å². The van der Waals surface area contributed by atoms with Gasteiger partial charge in [-0.1, -0.05) is 0 Å². The van der Waals surface area contributed by atoms with Crippen molar-refractivity contribution in [1.29, 1.82) is 0 Å². The van der Waals surface area contributed by atoms with Crippen molar-refractivity contribution in [2.75, 3.05) is 6.54 Å². The Kier molecular flexibility index (Phi) is 3.72. The maximum absolute atomic E-state index is 13.5. The highest BCUT2D eigenvalue weighted by Crippen LogP contribution is 2.29. The van der Waals surface area contributed by atoms with E-state index >= 15 is 0 Å². The maximum Gasteiger partial charge on any atom is 0.181 e. The summed E-state index contributed by atoms with van der Waals surface area (Å²) in [6.07, 6.45) is 2.11. The van der Waals surface area contributed by atoms with Gasteiger partial charge in [-0.2, -0.15) is 5.10 Å². The molecule has 1 atom stereocenters. The van der Waals surface area contributed by atoms with Gasteiger partial charge < -0.3 is 5.32 Å². The second-order valence-corrected chi connectivity index (χ2v) is 6.65. The molecule has 1 aliphatic heterocycles. The molecule has 6 heteroatoms. The van der Waals surface area contributed by atoms with E-state index in [2.05, 4.69) is 36.2 Å². The van der Waals surface area contributed by atoms with Crippen molar-refractivity contribution in [2.24, 2.45) is 0 Å². The molecule has 1 aromatic heterocycles. The maximum atomic E-state index is 13.5. The zero-order valence-corrected chi connectivity index (χ0v) is 13.0. The van der Waals surface area contributed by atoms with E-state index in [0.717, 1.165) is 37.3 Å². The predicted molar refractivity (Wildman–Crippen MR) is 80.3 cm³/mol. The van der Waals surface area contributed by atoms with Gasteiger partial charge in [-0.3, -0.25) is 0 Å². The van der Waals surface area contributed by atoms with Crippen molar-refractivity contribution in [2.45, 2.75) is 45.2 Å². The van der Waals surface area contributed by atoms with Gasteiger partial charge in [-0.05, 0) is 58.4 Å². The largest absolute Gasteiger partial charge is 0.307 e. The number of rotatable bonds is 2. The SMILES string of the molecule is CC(C)(C)n1nc(-c2ccc(F)c(F)c2)nc1[C@H]1CCCN1. The summed E-state index contributed by atoms with van der Waals surface area (Å²) in [5, 5.41) is 7.96. The van der Waals surface area contributed by atoms with Crippen molar-refractivity contribution in [1.82, 2.24) is 20.1 Å². The van der Waals surface area contributed by atoms with E-state index in [-0.39, 0.29) is 11.6 Å². The van der Waals surface area contributed by atoms with Crippen molar-refractivity contribution in [3.63, 3.8) is 0 Å². The fraction of sp³-hybridized carbons (Fsp3) is 0.500. The summed E-state index contributed by atoms with van der Waals surface area (Å²) in [7, 11) is 0. The summed E-state index contributed by atoms with van der Waals surface area (Å²) >= 11 is 0. The third kappa shape index (κ3) is 2.75. The molecule has 0 saturated carbocycles. The Labute approximate surface area is 128 Å². The lowest BCUT2D eigenvalue weighted by Gasteiger charge is -2.23. The zero-order valence-electron chi connectivity index (χ0n) is 13.0. The van der Waals surface area contributed by atoms with Gasteiger partial charge in [0.25, 0.3) is 0 Å². The van der Waals surface area contributed by atoms with E-state index < -0.39 is 11.6 Å². The molecule has 1 saturated heterocycles. The number of nitrogens with one attached hydrogen (secondary N) is 1. The minimum Gasteiger partial charge on any atom is -0.307 e. The van der Waals surface area contributed by atoms with Crippen LogP contribution in [0.15, 0.2) is 18.2 Å². The molecule has 0 unspecified atom stereocenters. The first kappa shape index (κ1) is 15.1. The third-order valence-corrected chi connectivity index (χ3v) is 3.82. The Bertz CT molecular complexity index is 682. The van der Waals surface area contributed by atoms with Crippen LogP contribution in [-0.4, -0.2) is 21.3 Å². The van der Waals surface area contributed by atoms with Crippen LogP contribution >= 0.6 is 0 Å². The van der Waals surface area contributed by atoms with Gasteiger partial charge in [0.2, 0.25) is 0 Å². The highest BCUT2D eigenvalue weighted by atomic mass is 19.2. The quantitative estimate of drug-likeness (QED) is 0.924. The zero-order chi connectivity index (χ0) is 15.9. The van der Waals surface area contributed by atoms with Crippen molar-refractivity contribution in [3.05, 3.63) is 35.7 Å². The van der Waals surface area contributed by atoms with Crippen LogP contribution in [-0.2, 0) is 5.54 Å². The van der Waals surface area contributed by atoms with Crippen molar-refractivity contribution >= 4 is 0 Å². The molecule has 1 aromatic carbocycles. The fourth-order valence-electron chi connectivity index (χ4n) is 2.71. The molecule has 0 aliphatic carbocycles. The molecule has 3 rings (SSSR count). The van der Waals surface area contributed by atoms with Crippen LogP contribution in [0.5, 0.6) is 0 Å². The summed E-state index contributed by atoms with van der Waals surface area (Å²) in [5.41, 5.74) is 0.254. The first-order valence-corrected chi connectivity index (χ1v) is 7.52. The van der Waals surface area contributed by atoms with Crippen molar-refractivity contribution in [3.8, 4) is 11.4 Å². The first-order chi connectivity index (χ1) is 10.4. The lowest BCUT2D eigenvalue weighted by atomic mass is 10.1. The van der Waals surface area contributed by atoms with Gasteiger partial charge in [0.15, 0.2) is 17.5 Å². The Balaban J connectivity index is 2.07. The van der Waals surface area contributed by atoms with E-state index in [9.17, 15) is 8.78 Å². The lowest BCUT2D eigenvalue weighted by molar-refractivity contribution is 0.329. The molecule has 0 bridgehead atoms. The standard InChI is InChI=1S/C16H20F2N4/c1-16(2,3)22-15(13-5-4-8-19-13)20-14(21-22)10-6-7-11(17)12(18)9-10/h6-7,9,13,19H,4-5,8H2,1-3H3/t13-/m1/s1. The number of hydrogen-bond donors (Lipinski definition) is 1. The summed E-state index contributed by atoms with van der Waals surface area (Å²) in [6, 6.07) is 3.91. The minimum absolute atomic E-state index is 0.158. The molecule has 4 nitrogen and oxygen atoms in total. The van der Waals surface area contributed by atoms with E-state index in [1.165, 1.54) is 6.07 Å². The summed E-state index contributed by atoms with van der Waals surface area (Å²) in [4.78, 5) is 4.60. The molecule has 2 heterocycles. The Morgan fingerprint density at radius 2 is 2.00 bits per heavy atom. The highest BCUT2D eigenvalue weighted by Gasteiger charge is 2.28. The Morgan fingerprint density at radius 3 is 2.59 bits per heavy atom. The van der Waals surface area contributed by atoms with Gasteiger partial charge in [-0.15, -0.1) is 0 Å². The Morgan fingerprint density at radius 1 is 1.23 bits per heavy atom. The van der Waals surface area contributed by atoms with Crippen LogP contribution in [0, 0.1) is 11.6 Å². The first-order valence-electron chi connectivity index (χ1n) is 7.52. The molecule has 22 heavy (non-hydrogen) atoms. The number of halogens is 2. The van der Waals surface area contributed by atoms with E-state index in [4.69, 9.17) is 0 Å². The Hall–Kier alpha value is -1.82. The average molecular weight is 306 g/mol. The molecule has 0 radical (unpaired) electrons. The molecule has 1 fully saturated rings. The minimum atomic E-state index is -0.884. The molecular weight excluding hydrogens is 286 g/mol. The van der Waals surface area contributed by atoms with Gasteiger partial charge in [-0.25, -0.2) is 18.4 Å². The smallest absolute Gasteiger partial charge is 0.181 e. The highest BCUT2D eigenvalue weighted by molar-refractivity contribution is 5.54. The lowest BCUT2D eigenvalue weighted by Crippen LogP contribution is -2.29. The molecule has 118 valence electrons. The summed E-state index contributed by atoms with van der Waals surface area (Å²) < 4.78 is 28.4. The molecule has 2 aromatic rings. The van der Waals surface area contributed by atoms with E-state index in [0.29, 0.717) is 11.4 Å². The van der Waals surface area contributed by atoms with Crippen molar-refractivity contribution < 1.29 is 8.78 Å². The number of nitrogens with zero attached hydrogens (tertiary/aromatic N) is 3. The normalized spacial score (nSPS) is 18.9. The molecule has 0 spiro atoms. The van der Waals surface area contributed by atoms with Crippen LogP contribution in [0.2, 0.25) is 0 Å². The number of hydrogen-bond acceptors (Lipinski definition) is 3. The third-order valence-electron chi connectivity index (χ3n) is 3.82. The summed E-state index contributed by atoms with van der Waals surface area (Å²) in [6.45, 7) is 7.11. The van der Waals surface area contributed by atoms with Gasteiger partial charge >= 0.3 is 0 Å². The van der Waals surface area contributed by atoms with Crippen LogP contribution in [0.4, 0.5) is 8.78 Å². The molecular formula is C16H20F2N4. The van der Waals surface area contributed by atoms with E-state index in [1.54, 1.807) is 0 Å². The molecule has 0 amide bonds.